The van der Waals surface area contributed by atoms with Gasteiger partial charge in [0.1, 0.15) is 23.2 Å². The zero-order chi connectivity index (χ0) is 23.1. The van der Waals surface area contributed by atoms with Crippen LogP contribution >= 0.6 is 7.26 Å². The molecule has 0 bridgehead atoms. The molecule has 0 amide bonds. The van der Waals surface area contributed by atoms with Gasteiger partial charge in [-0.25, -0.2) is 0 Å². The van der Waals surface area contributed by atoms with Crippen molar-refractivity contribution in [2.24, 2.45) is 4.99 Å². The van der Waals surface area contributed by atoms with Crippen molar-refractivity contribution in [3.8, 4) is 0 Å². The predicted molar refractivity (Wildman–Crippen MR) is 141 cm³/mol. The summed E-state index contributed by atoms with van der Waals surface area (Å²) in [6.07, 6.45) is 1.72. The van der Waals surface area contributed by atoms with Gasteiger partial charge < -0.3 is 21.6 Å². The number of nitrogen functional groups attached to an aromatic ring is 2. The molecule has 4 aromatic carbocycles. The molecular weight excluding hydrogens is 425 g/mol. The second-order valence-corrected chi connectivity index (χ2v) is 11.5. The maximum Gasteiger partial charge on any atom is 0.112 e. The number of hydrogen-bond donors (Lipinski definition) is 2. The van der Waals surface area contributed by atoms with Crippen LogP contribution in [-0.2, 0) is 0 Å². The van der Waals surface area contributed by atoms with Crippen molar-refractivity contribution in [2.45, 2.75) is 6.42 Å². The third-order valence-electron chi connectivity index (χ3n) is 5.83. The molecule has 4 aromatic rings. The highest BCUT2D eigenvalue weighted by atomic mass is 31.2. The lowest BCUT2D eigenvalue weighted by atomic mass is 10.2. The quantitative estimate of drug-likeness (QED) is 0.141. The lowest BCUT2D eigenvalue weighted by Gasteiger charge is -2.27. The van der Waals surface area contributed by atoms with E-state index in [1.54, 1.807) is 18.2 Å². The Morgan fingerprint density at radius 1 is 0.667 bits per heavy atom. The highest BCUT2D eigenvalue weighted by Crippen LogP contribution is 2.55. The van der Waals surface area contributed by atoms with E-state index in [4.69, 9.17) is 11.5 Å². The molecule has 0 saturated heterocycles. The zero-order valence-electron chi connectivity index (χ0n) is 18.5. The Morgan fingerprint density at radius 3 is 1.61 bits per heavy atom. The van der Waals surface area contributed by atoms with Crippen LogP contribution in [0.2, 0.25) is 0 Å². The molecule has 4 nitrogen and oxygen atoms in total. The van der Waals surface area contributed by atoms with Crippen LogP contribution in [0, 0.1) is 0 Å². The minimum Gasteiger partial charge on any atom is -0.858 e. The topological polar surface area (TPSA) is 87.5 Å². The van der Waals surface area contributed by atoms with E-state index >= 15 is 0 Å². The van der Waals surface area contributed by atoms with Crippen LogP contribution in [0.3, 0.4) is 0 Å². The van der Waals surface area contributed by atoms with Crippen LogP contribution in [-0.4, -0.2) is 18.6 Å². The Hall–Kier alpha value is -3.62. The third-order valence-corrected chi connectivity index (χ3v) is 10.4. The van der Waals surface area contributed by atoms with E-state index in [0.29, 0.717) is 23.5 Å². The summed E-state index contributed by atoms with van der Waals surface area (Å²) in [4.78, 5) is 4.33. The zero-order valence-corrected chi connectivity index (χ0v) is 19.4. The number of rotatable bonds is 8. The Morgan fingerprint density at radius 2 is 1.15 bits per heavy atom. The summed E-state index contributed by atoms with van der Waals surface area (Å²) >= 11 is 0. The van der Waals surface area contributed by atoms with Crippen molar-refractivity contribution in [3.05, 3.63) is 115 Å². The van der Waals surface area contributed by atoms with Crippen molar-refractivity contribution < 1.29 is 5.11 Å². The molecule has 5 heteroatoms. The molecule has 0 aliphatic rings. The lowest BCUT2D eigenvalue weighted by Crippen LogP contribution is -2.33. The van der Waals surface area contributed by atoms with Gasteiger partial charge in [-0.15, -0.1) is 0 Å². The van der Waals surface area contributed by atoms with E-state index in [2.05, 4.69) is 96.0 Å². The third kappa shape index (κ3) is 4.92. The van der Waals surface area contributed by atoms with E-state index in [1.165, 1.54) is 15.9 Å². The Labute approximate surface area is 196 Å². The fourth-order valence-electron chi connectivity index (χ4n) is 4.17. The summed E-state index contributed by atoms with van der Waals surface area (Å²) in [5.41, 5.74) is 12.9. The monoisotopic (exact) mass is 453 g/mol. The minimum absolute atomic E-state index is 0.259. The lowest BCUT2D eigenvalue weighted by molar-refractivity contribution is -0.213. The molecule has 0 aliphatic heterocycles. The Balaban J connectivity index is 1.66. The molecule has 0 heterocycles. The first kappa shape index (κ1) is 22.6. The summed E-state index contributed by atoms with van der Waals surface area (Å²) in [5, 5.41) is 16.6. The summed E-state index contributed by atoms with van der Waals surface area (Å²) in [5.74, 6) is -0.259. The molecule has 0 fully saturated rings. The van der Waals surface area contributed by atoms with Gasteiger partial charge in [-0.2, -0.15) is 0 Å². The highest BCUT2D eigenvalue weighted by molar-refractivity contribution is 7.95. The highest BCUT2D eigenvalue weighted by Gasteiger charge is 2.44. The van der Waals surface area contributed by atoms with Gasteiger partial charge in [-0.05, 0) is 60.0 Å². The summed E-state index contributed by atoms with van der Waals surface area (Å²) in [6.45, 7) is 0.456. The SMILES string of the molecule is Nc1ccc(C([O-])=NCCC[P+](c2ccccc2)(c2ccccc2)c2ccccc2)cc1N. The molecule has 0 saturated carbocycles. The summed E-state index contributed by atoms with van der Waals surface area (Å²) in [6, 6.07) is 37.1. The van der Waals surface area contributed by atoms with Crippen molar-refractivity contribution in [3.63, 3.8) is 0 Å². The molecule has 4 rings (SSSR count). The van der Waals surface area contributed by atoms with Gasteiger partial charge in [0.15, 0.2) is 0 Å². The molecule has 0 atom stereocenters. The molecule has 0 radical (unpaired) electrons. The number of aliphatic imine (C=N–C) groups is 1. The number of anilines is 2. The molecule has 0 aromatic heterocycles. The van der Waals surface area contributed by atoms with Crippen LogP contribution in [0.25, 0.3) is 0 Å². The molecule has 0 unspecified atom stereocenters. The van der Waals surface area contributed by atoms with Crippen LogP contribution in [0.4, 0.5) is 11.4 Å². The Bertz CT molecular complexity index is 1120. The smallest absolute Gasteiger partial charge is 0.112 e. The summed E-state index contributed by atoms with van der Waals surface area (Å²) in [7, 11) is -1.91. The molecule has 0 aliphatic carbocycles. The van der Waals surface area contributed by atoms with Gasteiger partial charge >= 0.3 is 0 Å². The van der Waals surface area contributed by atoms with E-state index in [0.717, 1.165) is 12.6 Å². The number of nitrogens with two attached hydrogens (primary N) is 2. The fraction of sp³-hybridized carbons (Fsp3) is 0.107. The molecule has 0 spiro atoms. The van der Waals surface area contributed by atoms with E-state index in [-0.39, 0.29) is 5.90 Å². The fourth-order valence-corrected chi connectivity index (χ4v) is 8.50. The standard InChI is InChI=1S/C28H28N3OP/c29-26-18-17-22(21-27(26)30)28(32)31-19-10-20-33(23-11-4-1-5-12-23,24-13-6-2-7-14-24)25-15-8-3-9-16-25/h1-9,11-18,21H,10,19-20,30H2,(H2-,29,31,32). The average Bonchev–Trinajstić information content (AvgIpc) is 2.87. The van der Waals surface area contributed by atoms with Crippen molar-refractivity contribution in [1.82, 2.24) is 0 Å². The number of benzene rings is 4. The summed E-state index contributed by atoms with van der Waals surface area (Å²) < 4.78 is 0. The maximum atomic E-state index is 12.6. The molecular formula is C28H28N3OP. The molecule has 33 heavy (non-hydrogen) atoms. The van der Waals surface area contributed by atoms with Gasteiger partial charge in [-0.3, -0.25) is 0 Å². The second kappa shape index (κ2) is 10.3. The number of hydrogen-bond acceptors (Lipinski definition) is 4. The largest absolute Gasteiger partial charge is 0.858 e. The maximum absolute atomic E-state index is 12.6. The first-order valence-electron chi connectivity index (χ1n) is 11.0. The molecule has 166 valence electrons. The normalized spacial score (nSPS) is 11.9. The van der Waals surface area contributed by atoms with E-state index < -0.39 is 7.26 Å². The van der Waals surface area contributed by atoms with E-state index in [1.807, 2.05) is 0 Å². The van der Waals surface area contributed by atoms with E-state index in [9.17, 15) is 5.11 Å². The van der Waals surface area contributed by atoms with Crippen molar-refractivity contribution in [1.29, 1.82) is 0 Å². The first-order chi connectivity index (χ1) is 16.1. The van der Waals surface area contributed by atoms with Crippen LogP contribution < -0.4 is 32.5 Å². The van der Waals surface area contributed by atoms with Crippen LogP contribution in [0.5, 0.6) is 0 Å². The van der Waals surface area contributed by atoms with Gasteiger partial charge in [0.25, 0.3) is 0 Å². The average molecular weight is 454 g/mol. The minimum atomic E-state index is -1.91. The molecule has 4 N–H and O–H groups in total. The van der Waals surface area contributed by atoms with Crippen molar-refractivity contribution >= 4 is 40.4 Å². The predicted octanol–water partition coefficient (Wildman–Crippen LogP) is 3.34. The van der Waals surface area contributed by atoms with Crippen LogP contribution in [0.1, 0.15) is 12.0 Å². The van der Waals surface area contributed by atoms with Crippen molar-refractivity contribution in [2.75, 3.05) is 24.2 Å². The van der Waals surface area contributed by atoms with Gasteiger partial charge in [0.2, 0.25) is 0 Å². The van der Waals surface area contributed by atoms with Gasteiger partial charge in [0, 0.05) is 13.0 Å². The number of nitrogens with zero attached hydrogens (tertiary/aromatic N) is 1. The second-order valence-electron chi connectivity index (χ2n) is 7.92. The van der Waals surface area contributed by atoms with Gasteiger partial charge in [0.05, 0.1) is 17.5 Å². The van der Waals surface area contributed by atoms with Gasteiger partial charge in [-0.1, -0.05) is 60.7 Å². The van der Waals surface area contributed by atoms with Crippen LogP contribution in [0.15, 0.2) is 114 Å². The first-order valence-corrected chi connectivity index (χ1v) is 13.0. The Kier molecular flexibility index (Phi) is 7.07.